The van der Waals surface area contributed by atoms with E-state index in [1.165, 1.54) is 18.3 Å². The van der Waals surface area contributed by atoms with E-state index in [1.807, 2.05) is 0 Å². The summed E-state index contributed by atoms with van der Waals surface area (Å²) in [5.74, 6) is -0.802. The lowest BCUT2D eigenvalue weighted by Gasteiger charge is -2.01. The van der Waals surface area contributed by atoms with E-state index in [0.29, 0.717) is 22.0 Å². The van der Waals surface area contributed by atoms with E-state index in [1.54, 1.807) is 24.4 Å². The Balaban J connectivity index is 1.70. The zero-order valence-corrected chi connectivity index (χ0v) is 14.7. The monoisotopic (exact) mass is 388 g/mol. The molecule has 11 nitrogen and oxygen atoms in total. The van der Waals surface area contributed by atoms with Crippen molar-refractivity contribution in [3.63, 3.8) is 0 Å². The SMILES string of the molecule is Cc1ccc(-c2csc(NC(=O)Cn3ccc([N+](=O)[O-])n3)n2)cc1[N+](=O)[O-]. The molecule has 0 atom stereocenters. The summed E-state index contributed by atoms with van der Waals surface area (Å²) in [6, 6.07) is 5.97. The summed E-state index contributed by atoms with van der Waals surface area (Å²) in [6.45, 7) is 1.44. The van der Waals surface area contributed by atoms with E-state index >= 15 is 0 Å². The summed E-state index contributed by atoms with van der Waals surface area (Å²) in [7, 11) is 0. The van der Waals surface area contributed by atoms with Gasteiger partial charge in [0.1, 0.15) is 6.54 Å². The van der Waals surface area contributed by atoms with Gasteiger partial charge in [-0.15, -0.1) is 11.3 Å². The van der Waals surface area contributed by atoms with Crippen LogP contribution in [0.1, 0.15) is 5.56 Å². The van der Waals surface area contributed by atoms with Gasteiger partial charge in [-0.1, -0.05) is 12.1 Å². The Morgan fingerprint density at radius 2 is 2.04 bits per heavy atom. The van der Waals surface area contributed by atoms with Crippen LogP contribution in [0.3, 0.4) is 0 Å². The smallest absolute Gasteiger partial charge is 0.358 e. The second kappa shape index (κ2) is 7.29. The number of hydrogen-bond donors (Lipinski definition) is 1. The zero-order chi connectivity index (χ0) is 19.6. The minimum atomic E-state index is -0.651. The third kappa shape index (κ3) is 4.12. The van der Waals surface area contributed by atoms with Crippen molar-refractivity contribution in [3.8, 4) is 11.3 Å². The van der Waals surface area contributed by atoms with Crippen LogP contribution in [0.25, 0.3) is 11.3 Å². The number of nitrogens with zero attached hydrogens (tertiary/aromatic N) is 5. The Labute approximate surface area is 155 Å². The van der Waals surface area contributed by atoms with Gasteiger partial charge in [0.2, 0.25) is 5.91 Å². The van der Waals surface area contributed by atoms with E-state index < -0.39 is 15.8 Å². The van der Waals surface area contributed by atoms with Gasteiger partial charge in [0.25, 0.3) is 5.69 Å². The zero-order valence-electron chi connectivity index (χ0n) is 13.9. The summed E-state index contributed by atoms with van der Waals surface area (Å²) in [6.07, 6.45) is 1.33. The molecule has 0 aliphatic rings. The number of carbonyl (C=O) groups is 1. The quantitative estimate of drug-likeness (QED) is 0.504. The number of amides is 1. The van der Waals surface area contributed by atoms with Crippen molar-refractivity contribution in [1.82, 2.24) is 14.8 Å². The highest BCUT2D eigenvalue weighted by Gasteiger charge is 2.16. The molecule has 1 aromatic carbocycles. The first-order chi connectivity index (χ1) is 12.8. The van der Waals surface area contributed by atoms with E-state index in [-0.39, 0.29) is 18.1 Å². The first kappa shape index (κ1) is 18.1. The molecule has 0 unspecified atom stereocenters. The summed E-state index contributed by atoms with van der Waals surface area (Å²) < 4.78 is 1.14. The summed E-state index contributed by atoms with van der Waals surface area (Å²) in [5, 5.41) is 29.8. The van der Waals surface area contributed by atoms with Crippen LogP contribution in [0, 0.1) is 27.2 Å². The number of nitro groups is 2. The van der Waals surface area contributed by atoms with Crippen LogP contribution in [-0.4, -0.2) is 30.5 Å². The van der Waals surface area contributed by atoms with Gasteiger partial charge in [-0.25, -0.2) is 4.98 Å². The molecule has 3 rings (SSSR count). The van der Waals surface area contributed by atoms with Crippen molar-refractivity contribution >= 4 is 33.9 Å². The van der Waals surface area contributed by atoms with Crippen molar-refractivity contribution in [2.45, 2.75) is 13.5 Å². The average molecular weight is 388 g/mol. The number of thiazole rings is 1. The predicted octanol–water partition coefficient (Wildman–Crippen LogP) is 2.77. The third-order valence-corrected chi connectivity index (χ3v) is 4.33. The Kier molecular flexibility index (Phi) is 4.90. The number of hydrogen-bond acceptors (Lipinski definition) is 8. The maximum Gasteiger partial charge on any atom is 0.389 e. The van der Waals surface area contributed by atoms with Gasteiger partial charge in [-0.2, -0.15) is 4.68 Å². The van der Waals surface area contributed by atoms with E-state index in [2.05, 4.69) is 15.4 Å². The Morgan fingerprint density at radius 1 is 1.26 bits per heavy atom. The highest BCUT2D eigenvalue weighted by atomic mass is 32.1. The first-order valence-corrected chi connectivity index (χ1v) is 8.40. The molecular formula is C15H12N6O5S. The van der Waals surface area contributed by atoms with Crippen molar-refractivity contribution in [2.24, 2.45) is 0 Å². The maximum atomic E-state index is 12.0. The lowest BCUT2D eigenvalue weighted by atomic mass is 10.1. The van der Waals surface area contributed by atoms with Crippen LogP contribution in [0.2, 0.25) is 0 Å². The molecular weight excluding hydrogens is 376 g/mol. The fourth-order valence-corrected chi connectivity index (χ4v) is 3.01. The minimum Gasteiger partial charge on any atom is -0.358 e. The third-order valence-electron chi connectivity index (χ3n) is 3.57. The van der Waals surface area contributed by atoms with Crippen LogP contribution >= 0.6 is 11.3 Å². The topological polar surface area (TPSA) is 146 Å². The lowest BCUT2D eigenvalue weighted by Crippen LogP contribution is -2.19. The maximum absolute atomic E-state index is 12.0. The highest BCUT2D eigenvalue weighted by molar-refractivity contribution is 7.14. The van der Waals surface area contributed by atoms with Gasteiger partial charge in [-0.05, 0) is 11.8 Å². The number of rotatable bonds is 6. The summed E-state index contributed by atoms with van der Waals surface area (Å²) >= 11 is 1.16. The normalized spacial score (nSPS) is 10.6. The molecule has 0 saturated carbocycles. The molecule has 0 saturated heterocycles. The number of nitrogens with one attached hydrogen (secondary N) is 1. The highest BCUT2D eigenvalue weighted by Crippen LogP contribution is 2.29. The molecule has 12 heteroatoms. The molecule has 0 aliphatic heterocycles. The number of aryl methyl sites for hydroxylation is 1. The van der Waals surface area contributed by atoms with E-state index in [4.69, 9.17) is 0 Å². The Bertz CT molecular complexity index is 1040. The second-order valence-electron chi connectivity index (χ2n) is 5.47. The van der Waals surface area contributed by atoms with Gasteiger partial charge in [0.05, 0.1) is 28.0 Å². The molecule has 27 heavy (non-hydrogen) atoms. The van der Waals surface area contributed by atoms with Crippen molar-refractivity contribution < 1.29 is 14.6 Å². The van der Waals surface area contributed by atoms with E-state index in [0.717, 1.165) is 16.0 Å². The van der Waals surface area contributed by atoms with E-state index in [9.17, 15) is 25.0 Å². The van der Waals surface area contributed by atoms with Crippen molar-refractivity contribution in [1.29, 1.82) is 0 Å². The van der Waals surface area contributed by atoms with Crippen LogP contribution in [0.15, 0.2) is 35.8 Å². The van der Waals surface area contributed by atoms with Gasteiger partial charge >= 0.3 is 5.82 Å². The Morgan fingerprint density at radius 3 is 2.70 bits per heavy atom. The molecule has 2 aromatic heterocycles. The van der Waals surface area contributed by atoms with Crippen LogP contribution in [0.4, 0.5) is 16.6 Å². The summed E-state index contributed by atoms with van der Waals surface area (Å²) in [4.78, 5) is 36.8. The van der Waals surface area contributed by atoms with Gasteiger partial charge in [0, 0.05) is 22.6 Å². The fourth-order valence-electron chi connectivity index (χ4n) is 2.27. The largest absolute Gasteiger partial charge is 0.389 e. The van der Waals surface area contributed by atoms with Crippen LogP contribution in [0.5, 0.6) is 0 Å². The number of nitro benzene ring substituents is 1. The molecule has 0 bridgehead atoms. The van der Waals surface area contributed by atoms with Crippen LogP contribution in [-0.2, 0) is 11.3 Å². The first-order valence-electron chi connectivity index (χ1n) is 7.52. The molecule has 2 heterocycles. The number of aromatic nitrogens is 3. The predicted molar refractivity (Wildman–Crippen MR) is 96.5 cm³/mol. The molecule has 0 fully saturated rings. The average Bonchev–Trinajstić information content (AvgIpc) is 3.24. The van der Waals surface area contributed by atoms with Crippen molar-refractivity contribution in [2.75, 3.05) is 5.32 Å². The number of carbonyl (C=O) groups excluding carboxylic acids is 1. The van der Waals surface area contributed by atoms with Crippen molar-refractivity contribution in [3.05, 3.63) is 61.6 Å². The van der Waals surface area contributed by atoms with Gasteiger partial charge in [-0.3, -0.25) is 14.9 Å². The fraction of sp³-hybridized carbons (Fsp3) is 0.133. The molecule has 0 aliphatic carbocycles. The second-order valence-corrected chi connectivity index (χ2v) is 6.33. The Hall–Kier alpha value is -3.67. The number of anilines is 1. The van der Waals surface area contributed by atoms with Crippen LogP contribution < -0.4 is 5.32 Å². The molecule has 0 spiro atoms. The molecule has 0 radical (unpaired) electrons. The molecule has 1 N–H and O–H groups in total. The lowest BCUT2D eigenvalue weighted by molar-refractivity contribution is -0.389. The molecule has 138 valence electrons. The van der Waals surface area contributed by atoms with Gasteiger partial charge < -0.3 is 15.4 Å². The standard InChI is InChI=1S/C15H12N6O5S/c1-9-2-3-10(6-12(9)20(23)24)11-8-27-15(16-11)17-14(22)7-19-5-4-13(18-19)21(25)26/h2-6,8H,7H2,1H3,(H,16,17,22). The molecule has 3 aromatic rings. The van der Waals surface area contributed by atoms with Gasteiger partial charge in [0.15, 0.2) is 5.13 Å². The summed E-state index contributed by atoms with van der Waals surface area (Å²) in [5.41, 5.74) is 1.59. The minimum absolute atomic E-state index is 0.00800. The number of benzene rings is 1. The molecule has 1 amide bonds.